The van der Waals surface area contributed by atoms with E-state index in [1.165, 1.54) is 13.8 Å². The van der Waals surface area contributed by atoms with Gasteiger partial charge in [0.25, 0.3) is 0 Å². The van der Waals surface area contributed by atoms with Crippen LogP contribution in [0.5, 0.6) is 0 Å². The molecule has 0 saturated carbocycles. The van der Waals surface area contributed by atoms with Crippen LogP contribution in [0.1, 0.15) is 13.8 Å². The number of aliphatic hydroxyl groups excluding tert-OH is 22. The van der Waals surface area contributed by atoms with Crippen LogP contribution in [-0.2, 0) is 71.1 Å². The molecule has 0 aromatic carbocycles. The largest absolute Gasteiger partial charge is 0.394 e. The monoisotopic (exact) mass is 1220 g/mol. The Labute approximate surface area is 469 Å². The first kappa shape index (κ1) is 67.5. The molecule has 22 N–H and O–H groups in total. The fourth-order valence-corrected chi connectivity index (χ4v) is 10.6. The zero-order chi connectivity index (χ0) is 60.8. The quantitative estimate of drug-likeness (QED) is 0.0606. The van der Waals surface area contributed by atoms with E-state index in [1.807, 2.05) is 0 Å². The standard InChI is InChI=1S/C46H78O37/c1-9-17(51)26(60)38(83-42-29(63)24(58)20(54)12(3-47)74-42)46(73-9)71-8-15-21(55)25(59)30(64)43(78-15)81-36-23(57)13(4-48)75-45(33(36)67)79-34-14(5-49)76-41(31(65)27(34)61)77-16-7-70-40(28(62)22(16)56)80-35-18(52)10(2)72-44(32(35)66)82-37-19(53)11(50)6-69-39(37)68/h9-68H,3-8H2,1-2H3/t9-,10-,11-,12+,13+,14+,15+,16+,17-,18-,19-,20+,21+,22+,23+,24-,25-,26+,27+,28+,29+,30+,31+,32+,33+,34+,35+,36-,37+,38+,39+,40-,41-,42-,43-,44-,45-,46+/m0/s1. The smallest absolute Gasteiger partial charge is 0.187 e. The molecule has 38 atom stereocenters. The Hall–Kier alpha value is -1.48. The SMILES string of the molecule is C[C@@H]1O[C@@H](OC[C@H]2O[C@@H](O[C@@H]3[C@@H](O)[C@H](O[C@H]4[C@H](O)[C@@H](O)[C@H](O[C@@H]5CO[C@@H](O[C@@H]6[C@@H](O)[C@H](C)O[C@@H](O[C@@H]7[C@@H](O)[C@@H](O)CO[C@H]7O)[C@@H]6O)[C@H](O)[C@@H]5O)O[C@@H]4CO)O[C@H](CO)[C@H]3O)[C@H](O)[C@@H](O)[C@@H]2O)[C@H](O[C@@H]2O[C@H](CO)[C@@H](O)[C@H](O)[C@H]2O)[C@H](O)[C@H]1O. The van der Waals surface area contributed by atoms with Crippen LogP contribution in [0.4, 0.5) is 0 Å². The summed E-state index contributed by atoms with van der Waals surface area (Å²) in [6.45, 7) is -2.20. The number of hydrogen-bond acceptors (Lipinski definition) is 37. The highest BCUT2D eigenvalue weighted by Gasteiger charge is 2.57. The molecule has 8 aliphatic heterocycles. The molecule has 8 aliphatic rings. The van der Waals surface area contributed by atoms with Gasteiger partial charge in [-0.2, -0.15) is 0 Å². The number of rotatable bonds is 18. The van der Waals surface area contributed by atoms with Gasteiger partial charge in [0, 0.05) is 0 Å². The molecule has 0 spiro atoms. The fourth-order valence-electron chi connectivity index (χ4n) is 10.6. The molecular weight excluding hydrogens is 1140 g/mol. The van der Waals surface area contributed by atoms with E-state index in [9.17, 15) is 112 Å². The number of hydrogen-bond donors (Lipinski definition) is 22. The maximum atomic E-state index is 11.6. The summed E-state index contributed by atoms with van der Waals surface area (Å²) in [5, 5.41) is 236. The average molecular weight is 1220 g/mol. The molecule has 484 valence electrons. The van der Waals surface area contributed by atoms with E-state index in [2.05, 4.69) is 0 Å². The summed E-state index contributed by atoms with van der Waals surface area (Å²) in [4.78, 5) is 0. The van der Waals surface area contributed by atoms with Crippen molar-refractivity contribution in [2.75, 3.05) is 39.6 Å². The van der Waals surface area contributed by atoms with Gasteiger partial charge >= 0.3 is 0 Å². The molecule has 8 heterocycles. The Morgan fingerprint density at radius 2 is 0.723 bits per heavy atom. The van der Waals surface area contributed by atoms with Gasteiger partial charge in [0.1, 0.15) is 171 Å². The first-order valence-corrected chi connectivity index (χ1v) is 26.7. The van der Waals surface area contributed by atoms with Crippen molar-refractivity contribution in [3.05, 3.63) is 0 Å². The summed E-state index contributed by atoms with van der Waals surface area (Å²) in [5.74, 6) is 0. The minimum atomic E-state index is -2.22. The summed E-state index contributed by atoms with van der Waals surface area (Å²) < 4.78 is 83.8. The van der Waals surface area contributed by atoms with Gasteiger partial charge in [-0.15, -0.1) is 0 Å². The molecule has 37 heteroatoms. The highest BCUT2D eigenvalue weighted by molar-refractivity contribution is 5.00. The van der Waals surface area contributed by atoms with Gasteiger partial charge in [-0.05, 0) is 13.8 Å². The molecule has 0 aliphatic carbocycles. The molecule has 0 bridgehead atoms. The highest BCUT2D eigenvalue weighted by atomic mass is 16.8. The predicted octanol–water partition coefficient (Wildman–Crippen LogP) is -15.1. The lowest BCUT2D eigenvalue weighted by molar-refractivity contribution is -0.391. The summed E-state index contributed by atoms with van der Waals surface area (Å²) in [6, 6.07) is 0. The van der Waals surface area contributed by atoms with Crippen LogP contribution in [0, 0.1) is 0 Å². The Morgan fingerprint density at radius 1 is 0.301 bits per heavy atom. The third kappa shape index (κ3) is 14.1. The zero-order valence-electron chi connectivity index (χ0n) is 44.1. The van der Waals surface area contributed by atoms with Crippen molar-refractivity contribution in [3.8, 4) is 0 Å². The minimum Gasteiger partial charge on any atom is -0.394 e. The second kappa shape index (κ2) is 28.6. The molecule has 0 amide bonds. The van der Waals surface area contributed by atoms with Crippen LogP contribution in [0.2, 0.25) is 0 Å². The minimum absolute atomic E-state index is 0.439. The predicted molar refractivity (Wildman–Crippen MR) is 250 cm³/mol. The summed E-state index contributed by atoms with van der Waals surface area (Å²) >= 11 is 0. The van der Waals surface area contributed by atoms with Gasteiger partial charge in [-0.1, -0.05) is 0 Å². The van der Waals surface area contributed by atoms with E-state index in [0.29, 0.717) is 0 Å². The Balaban J connectivity index is 0.875. The Bertz CT molecular complexity index is 1990. The molecule has 83 heavy (non-hydrogen) atoms. The topological polar surface area (TPSA) is 584 Å². The molecule has 0 aromatic rings. The van der Waals surface area contributed by atoms with E-state index >= 15 is 0 Å². The molecule has 0 aromatic heterocycles. The van der Waals surface area contributed by atoms with Gasteiger partial charge in [-0.3, -0.25) is 0 Å². The van der Waals surface area contributed by atoms with Crippen molar-refractivity contribution in [3.63, 3.8) is 0 Å². The number of aliphatic hydroxyl groups is 22. The second-order valence-electron chi connectivity index (χ2n) is 21.5. The van der Waals surface area contributed by atoms with E-state index in [-0.39, 0.29) is 0 Å². The van der Waals surface area contributed by atoms with E-state index < -0.39 is 273 Å². The lowest BCUT2D eigenvalue weighted by atomic mass is 9.96. The van der Waals surface area contributed by atoms with Gasteiger partial charge in [0.2, 0.25) is 0 Å². The van der Waals surface area contributed by atoms with Crippen LogP contribution < -0.4 is 0 Å². The second-order valence-corrected chi connectivity index (χ2v) is 21.5. The normalized spacial score (nSPS) is 54.8. The molecule has 8 saturated heterocycles. The van der Waals surface area contributed by atoms with Crippen LogP contribution in [0.15, 0.2) is 0 Å². The average Bonchev–Trinajstić information content (AvgIpc) is 3.55. The Kier molecular flexibility index (Phi) is 23.2. The van der Waals surface area contributed by atoms with Crippen molar-refractivity contribution in [1.82, 2.24) is 0 Å². The fraction of sp³-hybridized carbons (Fsp3) is 1.00. The van der Waals surface area contributed by atoms with E-state index in [0.717, 1.165) is 0 Å². The first-order chi connectivity index (χ1) is 39.2. The Morgan fingerprint density at radius 3 is 1.34 bits per heavy atom. The summed E-state index contributed by atoms with van der Waals surface area (Å²) in [5.41, 5.74) is 0. The lowest BCUT2D eigenvalue weighted by Gasteiger charge is -2.49. The maximum Gasteiger partial charge on any atom is 0.187 e. The van der Waals surface area contributed by atoms with Crippen LogP contribution in [-0.4, -0.2) is 385 Å². The lowest BCUT2D eigenvalue weighted by Crippen LogP contribution is -2.67. The van der Waals surface area contributed by atoms with Gasteiger partial charge in [-0.25, -0.2) is 0 Å². The van der Waals surface area contributed by atoms with Crippen molar-refractivity contribution in [2.45, 2.75) is 247 Å². The zero-order valence-corrected chi connectivity index (χ0v) is 44.1. The number of ether oxygens (including phenoxy) is 15. The van der Waals surface area contributed by atoms with Gasteiger partial charge in [0.15, 0.2) is 50.3 Å². The molecular formula is C46H78O37. The molecule has 37 nitrogen and oxygen atoms in total. The van der Waals surface area contributed by atoms with Crippen molar-refractivity contribution >= 4 is 0 Å². The van der Waals surface area contributed by atoms with Crippen molar-refractivity contribution in [2.24, 2.45) is 0 Å². The third-order valence-corrected chi connectivity index (χ3v) is 15.8. The summed E-state index contributed by atoms with van der Waals surface area (Å²) in [6.07, 6.45) is -69.6. The van der Waals surface area contributed by atoms with Gasteiger partial charge in [0.05, 0.1) is 51.8 Å². The first-order valence-electron chi connectivity index (χ1n) is 26.7. The van der Waals surface area contributed by atoms with Gasteiger partial charge < -0.3 is 183 Å². The summed E-state index contributed by atoms with van der Waals surface area (Å²) in [7, 11) is 0. The van der Waals surface area contributed by atoms with Crippen LogP contribution in [0.3, 0.4) is 0 Å². The third-order valence-electron chi connectivity index (χ3n) is 15.8. The maximum absolute atomic E-state index is 11.6. The van der Waals surface area contributed by atoms with E-state index in [4.69, 9.17) is 71.1 Å². The van der Waals surface area contributed by atoms with Crippen molar-refractivity contribution < 1.29 is 183 Å². The van der Waals surface area contributed by atoms with Crippen LogP contribution in [0.25, 0.3) is 0 Å². The highest BCUT2D eigenvalue weighted by Crippen LogP contribution is 2.37. The molecule has 8 fully saturated rings. The van der Waals surface area contributed by atoms with E-state index in [1.54, 1.807) is 0 Å². The van der Waals surface area contributed by atoms with Crippen LogP contribution >= 0.6 is 0 Å². The molecule has 0 radical (unpaired) electrons. The molecule has 8 rings (SSSR count). The van der Waals surface area contributed by atoms with Crippen molar-refractivity contribution in [1.29, 1.82) is 0 Å². The molecule has 0 unspecified atom stereocenters.